The molecule has 1 heterocycles. The summed E-state index contributed by atoms with van der Waals surface area (Å²) in [5, 5.41) is 9.90. The summed E-state index contributed by atoms with van der Waals surface area (Å²) in [5.74, 6) is 1.36. The molecule has 1 aromatic rings. The summed E-state index contributed by atoms with van der Waals surface area (Å²) in [6.07, 6.45) is 7.00. The number of para-hydroxylation sites is 1. The maximum atomic E-state index is 11.6. The SMILES string of the molecule is [C]#CC1(O)C(=O)N(C)c2ccccc21. The number of carbonyl (C=O) groups is 1. The third kappa shape index (κ3) is 0.835. The van der Waals surface area contributed by atoms with Crippen LogP contribution >= 0.6 is 0 Å². The van der Waals surface area contributed by atoms with E-state index in [-0.39, 0.29) is 0 Å². The first-order chi connectivity index (χ1) is 6.61. The fraction of sp³-hybridized carbons (Fsp3) is 0.182. The van der Waals surface area contributed by atoms with Crippen molar-refractivity contribution in [2.24, 2.45) is 0 Å². The summed E-state index contributed by atoms with van der Waals surface area (Å²) in [4.78, 5) is 12.9. The second-order valence-electron chi connectivity index (χ2n) is 3.22. The molecular formula is C11H8NO2. The van der Waals surface area contributed by atoms with E-state index in [0.29, 0.717) is 11.3 Å². The number of anilines is 1. The van der Waals surface area contributed by atoms with Crippen LogP contribution in [0.4, 0.5) is 5.69 Å². The Morgan fingerprint density at radius 2 is 2.14 bits per heavy atom. The summed E-state index contributed by atoms with van der Waals surface area (Å²) >= 11 is 0. The summed E-state index contributed by atoms with van der Waals surface area (Å²) in [7, 11) is 1.57. The third-order valence-electron chi connectivity index (χ3n) is 2.45. The lowest BCUT2D eigenvalue weighted by atomic mass is 9.97. The van der Waals surface area contributed by atoms with E-state index in [1.807, 2.05) is 5.92 Å². The fourth-order valence-electron chi connectivity index (χ4n) is 1.66. The van der Waals surface area contributed by atoms with Gasteiger partial charge in [-0.1, -0.05) is 18.2 Å². The second-order valence-corrected chi connectivity index (χ2v) is 3.22. The quantitative estimate of drug-likeness (QED) is 0.597. The molecule has 14 heavy (non-hydrogen) atoms. The Balaban J connectivity index is 2.73. The first-order valence-electron chi connectivity index (χ1n) is 4.15. The van der Waals surface area contributed by atoms with E-state index in [9.17, 15) is 9.90 Å². The number of fused-ring (bicyclic) bond motifs is 1. The number of likely N-dealkylation sites (N-methyl/N-ethyl adjacent to an activating group) is 1. The number of rotatable bonds is 0. The topological polar surface area (TPSA) is 40.5 Å². The molecule has 1 amide bonds. The lowest BCUT2D eigenvalue weighted by Crippen LogP contribution is -2.37. The number of hydrogen-bond acceptors (Lipinski definition) is 2. The van der Waals surface area contributed by atoms with Gasteiger partial charge in [-0.15, -0.1) is 0 Å². The standard InChI is InChI=1S/C11H8NO2/c1-3-11(14)8-6-4-5-7-9(8)12(2)10(11)13/h4-7,14H,2H3. The molecule has 0 fully saturated rings. The van der Waals surface area contributed by atoms with Crippen LogP contribution in [0.2, 0.25) is 0 Å². The Hall–Kier alpha value is -1.79. The highest BCUT2D eigenvalue weighted by molar-refractivity contribution is 6.08. The van der Waals surface area contributed by atoms with Crippen LogP contribution in [0.5, 0.6) is 0 Å². The number of amides is 1. The van der Waals surface area contributed by atoms with Gasteiger partial charge in [0.25, 0.3) is 5.91 Å². The van der Waals surface area contributed by atoms with Gasteiger partial charge < -0.3 is 10.0 Å². The van der Waals surface area contributed by atoms with Crippen LogP contribution in [0.15, 0.2) is 24.3 Å². The van der Waals surface area contributed by atoms with E-state index in [1.54, 1.807) is 31.3 Å². The highest BCUT2D eigenvalue weighted by Gasteiger charge is 2.47. The fourth-order valence-corrected chi connectivity index (χ4v) is 1.66. The van der Waals surface area contributed by atoms with E-state index in [2.05, 4.69) is 0 Å². The van der Waals surface area contributed by atoms with Crippen LogP contribution in [0.1, 0.15) is 5.56 Å². The molecule has 1 aliphatic heterocycles. The van der Waals surface area contributed by atoms with Crippen molar-refractivity contribution in [3.8, 4) is 5.92 Å². The van der Waals surface area contributed by atoms with Crippen molar-refractivity contribution in [3.63, 3.8) is 0 Å². The molecule has 0 saturated carbocycles. The van der Waals surface area contributed by atoms with Gasteiger partial charge in [-0.3, -0.25) is 4.79 Å². The first-order valence-corrected chi connectivity index (χ1v) is 4.15. The molecule has 0 aromatic heterocycles. The van der Waals surface area contributed by atoms with Gasteiger partial charge in [0.2, 0.25) is 5.60 Å². The smallest absolute Gasteiger partial charge is 0.276 e. The molecule has 3 nitrogen and oxygen atoms in total. The van der Waals surface area contributed by atoms with E-state index >= 15 is 0 Å². The molecule has 0 spiro atoms. The van der Waals surface area contributed by atoms with Crippen molar-refractivity contribution in [2.75, 3.05) is 11.9 Å². The van der Waals surface area contributed by atoms with Crippen molar-refractivity contribution in [1.29, 1.82) is 0 Å². The van der Waals surface area contributed by atoms with Crippen molar-refractivity contribution in [2.45, 2.75) is 5.60 Å². The highest BCUT2D eigenvalue weighted by Crippen LogP contribution is 2.38. The number of carbonyl (C=O) groups excluding carboxylic acids is 1. The maximum absolute atomic E-state index is 11.6. The summed E-state index contributed by atoms with van der Waals surface area (Å²) < 4.78 is 0. The van der Waals surface area contributed by atoms with Crippen LogP contribution in [0, 0.1) is 12.3 Å². The van der Waals surface area contributed by atoms with Crippen LogP contribution in [0.3, 0.4) is 0 Å². The van der Waals surface area contributed by atoms with Crippen LogP contribution in [0.25, 0.3) is 0 Å². The summed E-state index contributed by atoms with van der Waals surface area (Å²) in [6, 6.07) is 6.84. The minimum Gasteiger partial charge on any atom is -0.366 e. The monoisotopic (exact) mass is 186 g/mol. The molecule has 1 unspecified atom stereocenters. The Morgan fingerprint density at radius 3 is 2.79 bits per heavy atom. The van der Waals surface area contributed by atoms with Crippen molar-refractivity contribution >= 4 is 11.6 Å². The first kappa shape index (κ1) is 8.79. The van der Waals surface area contributed by atoms with Crippen molar-refractivity contribution in [1.82, 2.24) is 0 Å². The van der Waals surface area contributed by atoms with Gasteiger partial charge in [0.1, 0.15) is 0 Å². The molecule has 1 aliphatic rings. The van der Waals surface area contributed by atoms with Crippen LogP contribution in [-0.2, 0) is 10.4 Å². The maximum Gasteiger partial charge on any atom is 0.276 e. The molecule has 1 radical (unpaired) electrons. The van der Waals surface area contributed by atoms with Gasteiger partial charge >= 0.3 is 0 Å². The van der Waals surface area contributed by atoms with Gasteiger partial charge in [-0.2, -0.15) is 0 Å². The molecule has 3 heteroatoms. The van der Waals surface area contributed by atoms with Gasteiger partial charge in [0, 0.05) is 12.6 Å². The minimum absolute atomic E-state index is 0.419. The van der Waals surface area contributed by atoms with Gasteiger partial charge in [-0.05, 0) is 18.4 Å². The number of nitrogens with zero attached hydrogens (tertiary/aromatic N) is 1. The molecule has 0 saturated heterocycles. The lowest BCUT2D eigenvalue weighted by molar-refractivity contribution is -0.130. The molecule has 69 valence electrons. The zero-order chi connectivity index (χ0) is 10.3. The summed E-state index contributed by atoms with van der Waals surface area (Å²) in [5.41, 5.74) is -0.854. The van der Waals surface area contributed by atoms with Gasteiger partial charge in [0.15, 0.2) is 0 Å². The number of hydrogen-bond donors (Lipinski definition) is 1. The average molecular weight is 186 g/mol. The normalized spacial score (nSPS) is 24.6. The molecular weight excluding hydrogens is 178 g/mol. The van der Waals surface area contributed by atoms with Gasteiger partial charge in [0.05, 0.1) is 5.69 Å². The number of benzene rings is 1. The van der Waals surface area contributed by atoms with E-state index < -0.39 is 11.5 Å². The van der Waals surface area contributed by atoms with Crippen molar-refractivity contribution in [3.05, 3.63) is 36.3 Å². The highest BCUT2D eigenvalue weighted by atomic mass is 16.3. The largest absolute Gasteiger partial charge is 0.366 e. The zero-order valence-electron chi connectivity index (χ0n) is 7.61. The molecule has 1 N–H and O–H groups in total. The molecule has 0 bridgehead atoms. The van der Waals surface area contributed by atoms with E-state index in [0.717, 1.165) is 0 Å². The summed E-state index contributed by atoms with van der Waals surface area (Å²) in [6.45, 7) is 0. The predicted molar refractivity (Wildman–Crippen MR) is 50.9 cm³/mol. The third-order valence-corrected chi connectivity index (χ3v) is 2.45. The van der Waals surface area contributed by atoms with Gasteiger partial charge in [-0.25, -0.2) is 0 Å². The molecule has 1 atom stereocenters. The minimum atomic E-state index is -1.90. The van der Waals surface area contributed by atoms with Crippen LogP contribution < -0.4 is 4.90 Å². The molecule has 2 rings (SSSR count). The van der Waals surface area contributed by atoms with Crippen LogP contribution in [-0.4, -0.2) is 18.1 Å². The zero-order valence-corrected chi connectivity index (χ0v) is 7.61. The predicted octanol–water partition coefficient (Wildman–Crippen LogP) is 0.440. The Bertz CT molecular complexity index is 447. The van der Waals surface area contributed by atoms with E-state index in [4.69, 9.17) is 6.42 Å². The average Bonchev–Trinajstić information content (AvgIpc) is 2.43. The van der Waals surface area contributed by atoms with E-state index in [1.165, 1.54) is 4.90 Å². The Labute approximate surface area is 82.0 Å². The Kier molecular flexibility index (Phi) is 1.63. The second kappa shape index (κ2) is 2.60. The number of aliphatic hydroxyl groups is 1. The lowest BCUT2D eigenvalue weighted by Gasteiger charge is -2.13. The molecule has 1 aromatic carbocycles. The van der Waals surface area contributed by atoms with Crippen molar-refractivity contribution < 1.29 is 9.90 Å². The Morgan fingerprint density at radius 1 is 1.50 bits per heavy atom. The molecule has 0 aliphatic carbocycles.